The minimum absolute atomic E-state index is 0.756. The van der Waals surface area contributed by atoms with Crippen LogP contribution in [-0.4, -0.2) is 27.6 Å². The van der Waals surface area contributed by atoms with Crippen molar-refractivity contribution in [3.63, 3.8) is 0 Å². The van der Waals surface area contributed by atoms with Crippen LogP contribution in [0.5, 0.6) is 0 Å². The van der Waals surface area contributed by atoms with Crippen LogP contribution < -0.4 is 10.6 Å². The lowest BCUT2D eigenvalue weighted by Crippen LogP contribution is -2.15. The fourth-order valence-electron chi connectivity index (χ4n) is 5.22. The Bertz CT molecular complexity index is 1510. The molecule has 178 valence electrons. The molecule has 5 heteroatoms. The van der Waals surface area contributed by atoms with Crippen LogP contribution in [0.25, 0.3) is 27.6 Å². The van der Waals surface area contributed by atoms with Gasteiger partial charge in [-0.25, -0.2) is 9.97 Å². The first-order chi connectivity index (χ1) is 17.0. The van der Waals surface area contributed by atoms with Crippen molar-refractivity contribution in [1.82, 2.24) is 14.5 Å². The third-order valence-electron chi connectivity index (χ3n) is 6.62. The zero-order valence-electron chi connectivity index (χ0n) is 21.2. The van der Waals surface area contributed by atoms with E-state index < -0.39 is 0 Å². The van der Waals surface area contributed by atoms with Gasteiger partial charge in [0.2, 0.25) is 0 Å². The Morgan fingerprint density at radius 2 is 1.49 bits per heavy atom. The van der Waals surface area contributed by atoms with Crippen molar-refractivity contribution in [2.24, 2.45) is 0 Å². The number of anilines is 2. The van der Waals surface area contributed by atoms with Crippen LogP contribution in [0.15, 0.2) is 60.7 Å². The molecule has 0 atom stereocenters. The van der Waals surface area contributed by atoms with Gasteiger partial charge in [0.25, 0.3) is 0 Å². The Morgan fingerprint density at radius 1 is 0.800 bits per heavy atom. The second kappa shape index (κ2) is 9.41. The molecule has 0 unspecified atom stereocenters. The summed E-state index contributed by atoms with van der Waals surface area (Å²) in [4.78, 5) is 9.78. The maximum absolute atomic E-state index is 4.95. The number of nitrogens with zero attached hydrogens (tertiary/aromatic N) is 3. The van der Waals surface area contributed by atoms with E-state index >= 15 is 0 Å². The van der Waals surface area contributed by atoms with Gasteiger partial charge in [-0.2, -0.15) is 0 Å². The van der Waals surface area contributed by atoms with Crippen LogP contribution in [0, 0.1) is 27.7 Å². The van der Waals surface area contributed by atoms with Gasteiger partial charge >= 0.3 is 0 Å². The summed E-state index contributed by atoms with van der Waals surface area (Å²) in [5.41, 5.74) is 9.58. The predicted octanol–water partition coefficient (Wildman–Crippen LogP) is 6.89. The number of hydrogen-bond acceptors (Lipinski definition) is 4. The number of benzene rings is 3. The molecule has 3 aromatic carbocycles. The van der Waals surface area contributed by atoms with Crippen molar-refractivity contribution < 1.29 is 0 Å². The molecule has 5 rings (SSSR count). The first-order valence-electron chi connectivity index (χ1n) is 12.4. The molecule has 0 aliphatic heterocycles. The summed E-state index contributed by atoms with van der Waals surface area (Å²) in [7, 11) is 0. The van der Waals surface area contributed by atoms with E-state index in [1.165, 1.54) is 33.6 Å². The Morgan fingerprint density at radius 3 is 2.26 bits per heavy atom. The molecule has 5 nitrogen and oxygen atoms in total. The van der Waals surface area contributed by atoms with Gasteiger partial charge < -0.3 is 10.6 Å². The lowest BCUT2D eigenvalue weighted by atomic mass is 10.0. The first-order valence-corrected chi connectivity index (χ1v) is 12.4. The lowest BCUT2D eigenvalue weighted by Gasteiger charge is -2.15. The van der Waals surface area contributed by atoms with Gasteiger partial charge in [-0.15, -0.1) is 0 Å². The van der Waals surface area contributed by atoms with Gasteiger partial charge in [0.05, 0.1) is 16.6 Å². The van der Waals surface area contributed by atoms with Crippen LogP contribution in [-0.2, 0) is 6.42 Å². The average Bonchev–Trinajstić information content (AvgIpc) is 3.15. The van der Waals surface area contributed by atoms with Crippen molar-refractivity contribution in [2.45, 2.75) is 41.0 Å². The maximum atomic E-state index is 4.95. The highest BCUT2D eigenvalue weighted by Gasteiger charge is 2.20. The number of fused-ring (bicyclic) bond motifs is 3. The first kappa shape index (κ1) is 22.9. The molecule has 35 heavy (non-hydrogen) atoms. The number of aromatic nitrogens is 3. The van der Waals surface area contributed by atoms with Crippen LogP contribution in [0.4, 0.5) is 11.5 Å². The third kappa shape index (κ3) is 4.23. The molecule has 5 aromatic rings. The van der Waals surface area contributed by atoms with E-state index in [9.17, 15) is 0 Å². The highest BCUT2D eigenvalue weighted by Crippen LogP contribution is 2.36. The third-order valence-corrected chi connectivity index (χ3v) is 6.62. The lowest BCUT2D eigenvalue weighted by molar-refractivity contribution is 1.01. The van der Waals surface area contributed by atoms with Crippen LogP contribution in [0.1, 0.15) is 35.0 Å². The number of hydrogen-bond donors (Lipinski definition) is 2. The van der Waals surface area contributed by atoms with Crippen LogP contribution >= 0.6 is 0 Å². The van der Waals surface area contributed by atoms with Crippen LogP contribution in [0.3, 0.4) is 0 Å². The highest BCUT2D eigenvalue weighted by atomic mass is 15.1. The number of rotatable bonds is 7. The summed E-state index contributed by atoms with van der Waals surface area (Å²) < 4.78 is 2.31. The summed E-state index contributed by atoms with van der Waals surface area (Å²) in [6.45, 7) is 12.2. The van der Waals surface area contributed by atoms with Crippen molar-refractivity contribution in [1.29, 1.82) is 0 Å². The number of nitrogens with one attached hydrogen (secondary N) is 2. The summed E-state index contributed by atoms with van der Waals surface area (Å²) in [5, 5.41) is 9.41. The molecule has 2 heterocycles. The average molecular weight is 464 g/mol. The molecule has 2 N–H and O–H groups in total. The molecular formula is C30H33N5. The Labute approximate surface area is 207 Å². The summed E-state index contributed by atoms with van der Waals surface area (Å²) in [6, 6.07) is 21.5. The van der Waals surface area contributed by atoms with Crippen molar-refractivity contribution >= 4 is 33.4 Å². The number of para-hydroxylation sites is 2. The molecule has 0 radical (unpaired) electrons. The van der Waals surface area contributed by atoms with E-state index in [0.29, 0.717) is 0 Å². The molecule has 0 amide bonds. The summed E-state index contributed by atoms with van der Waals surface area (Å²) in [6.07, 6.45) is 1.01. The Balaban J connectivity index is 1.56. The monoisotopic (exact) mass is 463 g/mol. The second-order valence-electron chi connectivity index (χ2n) is 9.28. The van der Waals surface area contributed by atoms with E-state index in [4.69, 9.17) is 9.97 Å². The molecule has 0 bridgehead atoms. The van der Waals surface area contributed by atoms with E-state index in [0.717, 1.165) is 53.1 Å². The van der Waals surface area contributed by atoms with Gasteiger partial charge in [0, 0.05) is 24.2 Å². The molecule has 0 spiro atoms. The predicted molar refractivity (Wildman–Crippen MR) is 148 cm³/mol. The second-order valence-corrected chi connectivity index (χ2v) is 9.28. The standard InChI is InChI=1S/C30H33N5/c1-6-23-11-7-9-13-25(23)31-15-16-32-29-27-24-12-8-10-14-26(24)35(30(27)34-22(5)33-29)28-20(3)17-19(2)18-21(28)4/h7-14,17-18,31H,6,15-16H2,1-5H3,(H,32,33,34). The molecule has 0 saturated heterocycles. The smallest absolute Gasteiger partial charge is 0.151 e. The Kier molecular flexibility index (Phi) is 6.16. The summed E-state index contributed by atoms with van der Waals surface area (Å²) >= 11 is 0. The van der Waals surface area contributed by atoms with Crippen molar-refractivity contribution in [2.75, 3.05) is 23.7 Å². The SMILES string of the molecule is CCc1ccccc1NCCNc1nc(C)nc2c1c1ccccc1n2-c1c(C)cc(C)cc1C. The van der Waals surface area contributed by atoms with E-state index in [-0.39, 0.29) is 0 Å². The largest absolute Gasteiger partial charge is 0.383 e. The van der Waals surface area contributed by atoms with Gasteiger partial charge in [0.15, 0.2) is 5.65 Å². The number of aryl methyl sites for hydroxylation is 5. The van der Waals surface area contributed by atoms with Crippen molar-refractivity contribution in [3.05, 3.63) is 88.7 Å². The molecule has 0 fully saturated rings. The van der Waals surface area contributed by atoms with E-state index in [2.05, 4.69) is 104 Å². The molecule has 0 saturated carbocycles. The molecular weight excluding hydrogens is 430 g/mol. The Hall–Kier alpha value is -3.86. The van der Waals surface area contributed by atoms with Crippen molar-refractivity contribution in [3.8, 4) is 5.69 Å². The topological polar surface area (TPSA) is 54.8 Å². The summed E-state index contributed by atoms with van der Waals surface area (Å²) in [5.74, 6) is 1.64. The van der Waals surface area contributed by atoms with Gasteiger partial charge in [-0.1, -0.05) is 61.0 Å². The van der Waals surface area contributed by atoms with E-state index in [1.807, 2.05) is 6.92 Å². The van der Waals surface area contributed by atoms with E-state index in [1.54, 1.807) is 0 Å². The van der Waals surface area contributed by atoms with Gasteiger partial charge in [-0.05, 0) is 62.9 Å². The zero-order chi connectivity index (χ0) is 24.5. The highest BCUT2D eigenvalue weighted by molar-refractivity contribution is 6.13. The minimum Gasteiger partial charge on any atom is -0.383 e. The molecule has 0 aliphatic rings. The fourth-order valence-corrected chi connectivity index (χ4v) is 5.22. The maximum Gasteiger partial charge on any atom is 0.151 e. The normalized spacial score (nSPS) is 11.3. The van der Waals surface area contributed by atoms with Crippen LogP contribution in [0.2, 0.25) is 0 Å². The molecule has 2 aromatic heterocycles. The fraction of sp³-hybridized carbons (Fsp3) is 0.267. The van der Waals surface area contributed by atoms with Gasteiger partial charge in [-0.3, -0.25) is 4.57 Å². The molecule has 0 aliphatic carbocycles. The minimum atomic E-state index is 0.756. The zero-order valence-corrected chi connectivity index (χ0v) is 21.2. The van der Waals surface area contributed by atoms with Gasteiger partial charge in [0.1, 0.15) is 11.6 Å². The quantitative estimate of drug-likeness (QED) is 0.258.